The lowest BCUT2D eigenvalue weighted by atomic mass is 9.81. The van der Waals surface area contributed by atoms with Crippen LogP contribution < -0.4 is 0 Å². The minimum atomic E-state index is -0.131. The number of ether oxygens (including phenoxy) is 1. The summed E-state index contributed by atoms with van der Waals surface area (Å²) in [7, 11) is 1.45. The van der Waals surface area contributed by atoms with Gasteiger partial charge in [-0.1, -0.05) is 84.0 Å². The van der Waals surface area contributed by atoms with Gasteiger partial charge in [-0.3, -0.25) is 4.79 Å². The van der Waals surface area contributed by atoms with Crippen molar-refractivity contribution in [3.8, 4) is 6.07 Å². The van der Waals surface area contributed by atoms with E-state index in [0.29, 0.717) is 6.42 Å². The lowest BCUT2D eigenvalue weighted by Crippen LogP contribution is -2.13. The van der Waals surface area contributed by atoms with Crippen LogP contribution in [-0.2, 0) is 9.53 Å². The number of carbonyl (C=O) groups is 1. The van der Waals surface area contributed by atoms with Crippen LogP contribution in [0.2, 0.25) is 0 Å². The molecular weight excluding hydrogens is 310 g/mol. The maximum atomic E-state index is 11.0. The molecule has 0 aliphatic heterocycles. The summed E-state index contributed by atoms with van der Waals surface area (Å²) in [5, 5.41) is 9.51. The second-order valence-corrected chi connectivity index (χ2v) is 7.74. The van der Waals surface area contributed by atoms with E-state index in [9.17, 15) is 10.1 Å². The number of nitriles is 1. The van der Waals surface area contributed by atoms with Crippen LogP contribution in [0.5, 0.6) is 0 Å². The average molecular weight is 352 g/mol. The van der Waals surface area contributed by atoms with Crippen molar-refractivity contribution in [1.82, 2.24) is 0 Å². The minimum Gasteiger partial charge on any atom is -0.469 e. The summed E-state index contributed by atoms with van der Waals surface area (Å²) in [5.41, 5.74) is -0.131. The number of hydrogen-bond acceptors (Lipinski definition) is 3. The van der Waals surface area contributed by atoms with Gasteiger partial charge in [0, 0.05) is 6.42 Å². The highest BCUT2D eigenvalue weighted by atomic mass is 16.5. The van der Waals surface area contributed by atoms with Gasteiger partial charge < -0.3 is 4.74 Å². The molecule has 0 rings (SSSR count). The van der Waals surface area contributed by atoms with E-state index in [-0.39, 0.29) is 11.4 Å². The van der Waals surface area contributed by atoms with Crippen LogP contribution in [0.3, 0.4) is 0 Å². The zero-order chi connectivity index (χ0) is 18.8. The van der Waals surface area contributed by atoms with Gasteiger partial charge in [-0.25, -0.2) is 0 Å². The van der Waals surface area contributed by atoms with E-state index in [4.69, 9.17) is 0 Å². The number of methoxy groups -OCH3 is 1. The third-order valence-corrected chi connectivity index (χ3v) is 5.19. The molecule has 0 fully saturated rings. The molecule has 1 unspecified atom stereocenters. The summed E-state index contributed by atoms with van der Waals surface area (Å²) in [6, 6.07) is 2.57. The van der Waals surface area contributed by atoms with Crippen LogP contribution >= 0.6 is 0 Å². The fourth-order valence-corrected chi connectivity index (χ4v) is 3.30. The van der Waals surface area contributed by atoms with E-state index in [1.54, 1.807) is 0 Å². The molecule has 0 saturated heterocycles. The Balaban J connectivity index is 3.58. The molecule has 0 aromatic rings. The SMILES string of the molecule is CCCCCCCCCC(C)(C#N)CCCCCCCCC(=O)OC. The Morgan fingerprint density at radius 3 is 1.72 bits per heavy atom. The molecule has 25 heavy (non-hydrogen) atoms. The van der Waals surface area contributed by atoms with Crippen molar-refractivity contribution in [2.45, 2.75) is 117 Å². The molecule has 146 valence electrons. The first-order chi connectivity index (χ1) is 12.1. The molecule has 3 nitrogen and oxygen atoms in total. The smallest absolute Gasteiger partial charge is 0.305 e. The topological polar surface area (TPSA) is 50.1 Å². The first kappa shape index (κ1) is 24.0. The number of carbonyl (C=O) groups excluding carboxylic acids is 1. The monoisotopic (exact) mass is 351 g/mol. The molecule has 0 radical (unpaired) electrons. The van der Waals surface area contributed by atoms with Crippen LogP contribution in [0.1, 0.15) is 117 Å². The molecule has 0 aromatic heterocycles. The van der Waals surface area contributed by atoms with Gasteiger partial charge in [-0.05, 0) is 26.2 Å². The Bertz CT molecular complexity index is 362. The Labute approximate surface area is 156 Å². The first-order valence-electron chi connectivity index (χ1n) is 10.6. The predicted molar refractivity (Wildman–Crippen MR) is 105 cm³/mol. The zero-order valence-electron chi connectivity index (χ0n) is 17.1. The third kappa shape index (κ3) is 15.0. The van der Waals surface area contributed by atoms with Gasteiger partial charge in [0.05, 0.1) is 18.6 Å². The Morgan fingerprint density at radius 1 is 0.840 bits per heavy atom. The van der Waals surface area contributed by atoms with Crippen LogP contribution in [0, 0.1) is 16.7 Å². The fraction of sp³-hybridized carbons (Fsp3) is 0.909. The molecule has 0 spiro atoms. The van der Waals surface area contributed by atoms with Crippen LogP contribution in [0.25, 0.3) is 0 Å². The van der Waals surface area contributed by atoms with Gasteiger partial charge in [0.25, 0.3) is 0 Å². The zero-order valence-corrected chi connectivity index (χ0v) is 17.1. The van der Waals surface area contributed by atoms with Crippen LogP contribution in [0.15, 0.2) is 0 Å². The largest absolute Gasteiger partial charge is 0.469 e. The quantitative estimate of drug-likeness (QED) is 0.210. The Hall–Kier alpha value is -1.04. The molecule has 0 aliphatic carbocycles. The van der Waals surface area contributed by atoms with Gasteiger partial charge in [0.2, 0.25) is 0 Å². The van der Waals surface area contributed by atoms with Crippen molar-refractivity contribution in [3.05, 3.63) is 0 Å². The van der Waals surface area contributed by atoms with Gasteiger partial charge in [-0.15, -0.1) is 0 Å². The van der Waals surface area contributed by atoms with Crippen molar-refractivity contribution >= 4 is 5.97 Å². The van der Waals surface area contributed by atoms with E-state index in [0.717, 1.165) is 32.1 Å². The molecule has 0 aliphatic rings. The van der Waals surface area contributed by atoms with Crippen LogP contribution in [0.4, 0.5) is 0 Å². The lowest BCUT2D eigenvalue weighted by Gasteiger charge is -2.21. The lowest BCUT2D eigenvalue weighted by molar-refractivity contribution is -0.140. The summed E-state index contributed by atoms with van der Waals surface area (Å²) in [4.78, 5) is 11.0. The average Bonchev–Trinajstić information content (AvgIpc) is 2.62. The minimum absolute atomic E-state index is 0.102. The summed E-state index contributed by atoms with van der Waals surface area (Å²) >= 11 is 0. The molecule has 0 N–H and O–H groups in total. The molecule has 0 bridgehead atoms. The maximum Gasteiger partial charge on any atom is 0.305 e. The highest BCUT2D eigenvalue weighted by molar-refractivity contribution is 5.68. The highest BCUT2D eigenvalue weighted by Crippen LogP contribution is 2.30. The standard InChI is InChI=1S/C22H41NO2/c1-4-5-6-7-9-12-15-18-22(2,20-23)19-16-13-10-8-11-14-17-21(24)25-3/h4-19H2,1-3H3. The summed E-state index contributed by atoms with van der Waals surface area (Å²) < 4.78 is 4.64. The van der Waals surface area contributed by atoms with E-state index < -0.39 is 0 Å². The van der Waals surface area contributed by atoms with Gasteiger partial charge in [0.1, 0.15) is 0 Å². The van der Waals surface area contributed by atoms with Gasteiger partial charge in [-0.2, -0.15) is 5.26 Å². The van der Waals surface area contributed by atoms with Crippen molar-refractivity contribution in [2.75, 3.05) is 7.11 Å². The van der Waals surface area contributed by atoms with Crippen molar-refractivity contribution < 1.29 is 9.53 Å². The molecule has 1 atom stereocenters. The van der Waals surface area contributed by atoms with Crippen molar-refractivity contribution in [2.24, 2.45) is 5.41 Å². The molecule has 3 heteroatoms. The molecular formula is C22H41NO2. The number of hydrogen-bond donors (Lipinski definition) is 0. The molecule has 0 amide bonds. The second-order valence-electron chi connectivity index (χ2n) is 7.74. The van der Waals surface area contributed by atoms with Crippen molar-refractivity contribution in [1.29, 1.82) is 5.26 Å². The number of nitrogens with zero attached hydrogens (tertiary/aromatic N) is 1. The molecule has 0 heterocycles. The molecule has 0 aromatic carbocycles. The number of esters is 1. The molecule has 0 saturated carbocycles. The Kier molecular flexibility index (Phi) is 15.7. The normalized spacial score (nSPS) is 13.2. The number of unbranched alkanes of at least 4 members (excludes halogenated alkanes) is 11. The van der Waals surface area contributed by atoms with Gasteiger partial charge in [0.15, 0.2) is 0 Å². The third-order valence-electron chi connectivity index (χ3n) is 5.19. The van der Waals surface area contributed by atoms with E-state index in [2.05, 4.69) is 24.7 Å². The summed E-state index contributed by atoms with van der Waals surface area (Å²) in [5.74, 6) is -0.102. The second kappa shape index (κ2) is 16.4. The fourth-order valence-electron chi connectivity index (χ4n) is 3.30. The van der Waals surface area contributed by atoms with Gasteiger partial charge >= 0.3 is 5.97 Å². The predicted octanol–water partition coefficient (Wildman–Crippen LogP) is 6.95. The van der Waals surface area contributed by atoms with E-state index >= 15 is 0 Å². The maximum absolute atomic E-state index is 11.0. The first-order valence-corrected chi connectivity index (χ1v) is 10.6. The Morgan fingerprint density at radius 2 is 1.28 bits per heavy atom. The summed E-state index contributed by atoms with van der Waals surface area (Å²) in [6.07, 6.45) is 18.6. The van der Waals surface area contributed by atoms with E-state index in [1.165, 1.54) is 71.3 Å². The summed E-state index contributed by atoms with van der Waals surface area (Å²) in [6.45, 7) is 4.39. The number of rotatable bonds is 17. The van der Waals surface area contributed by atoms with E-state index in [1.807, 2.05) is 0 Å². The highest BCUT2D eigenvalue weighted by Gasteiger charge is 2.22. The van der Waals surface area contributed by atoms with Crippen LogP contribution in [-0.4, -0.2) is 13.1 Å². The van der Waals surface area contributed by atoms with Crippen molar-refractivity contribution in [3.63, 3.8) is 0 Å².